The van der Waals surface area contributed by atoms with Crippen molar-refractivity contribution in [3.8, 4) is 0 Å². The van der Waals surface area contributed by atoms with Crippen LogP contribution >= 0.6 is 11.8 Å². The fraction of sp³-hybridized carbons (Fsp3) is 0.562. The van der Waals surface area contributed by atoms with E-state index >= 15 is 0 Å². The van der Waals surface area contributed by atoms with Crippen LogP contribution < -0.4 is 0 Å². The van der Waals surface area contributed by atoms with Crippen molar-refractivity contribution in [3.05, 3.63) is 29.8 Å². The van der Waals surface area contributed by atoms with Crippen LogP contribution in [-0.2, 0) is 4.79 Å². The average molecular weight is 313 g/mol. The van der Waals surface area contributed by atoms with Gasteiger partial charge in [0.2, 0.25) is 5.91 Å². The number of likely N-dealkylation sites (tertiary alicyclic amines) is 1. The van der Waals surface area contributed by atoms with E-state index in [9.17, 15) is 13.6 Å². The summed E-state index contributed by atoms with van der Waals surface area (Å²) < 4.78 is 26.0. The van der Waals surface area contributed by atoms with Crippen LogP contribution in [0.25, 0.3) is 0 Å². The number of piperidine rings is 1. The number of carbonyl (C=O) groups excluding carboxylic acids is 1. The normalized spacial score (nSPS) is 19.1. The molecular formula is C16H21F2NOS. The Morgan fingerprint density at radius 2 is 2.10 bits per heavy atom. The Bertz CT molecular complexity index is 507. The standard InChI is InChI=1S/C16H21F2NOS/c1-11(2)15-5-3-4-8-19(15)16(20)10-21-12-6-7-13(17)14(18)9-12/h6-7,9,11,15H,3-5,8,10H2,1-2H3. The highest BCUT2D eigenvalue weighted by molar-refractivity contribution is 8.00. The minimum atomic E-state index is -0.870. The monoisotopic (exact) mass is 313 g/mol. The summed E-state index contributed by atoms with van der Waals surface area (Å²) >= 11 is 1.26. The fourth-order valence-corrected chi connectivity index (χ4v) is 3.56. The molecular weight excluding hydrogens is 292 g/mol. The molecule has 1 amide bonds. The topological polar surface area (TPSA) is 20.3 Å². The third-order valence-corrected chi connectivity index (χ3v) is 4.87. The molecule has 2 nitrogen and oxygen atoms in total. The summed E-state index contributed by atoms with van der Waals surface area (Å²) in [7, 11) is 0. The summed E-state index contributed by atoms with van der Waals surface area (Å²) in [6.45, 7) is 5.08. The second-order valence-corrected chi connectivity index (χ2v) is 6.81. The molecule has 1 fully saturated rings. The number of rotatable bonds is 4. The van der Waals surface area contributed by atoms with Gasteiger partial charge < -0.3 is 4.90 Å². The molecule has 0 aromatic heterocycles. The van der Waals surface area contributed by atoms with Gasteiger partial charge in [-0.1, -0.05) is 13.8 Å². The van der Waals surface area contributed by atoms with Gasteiger partial charge in [0.15, 0.2) is 11.6 Å². The molecule has 1 aliphatic rings. The largest absolute Gasteiger partial charge is 0.339 e. The molecule has 1 aliphatic heterocycles. The molecule has 1 aromatic carbocycles. The summed E-state index contributed by atoms with van der Waals surface area (Å²) in [6.07, 6.45) is 3.27. The van der Waals surface area contributed by atoms with Crippen LogP contribution in [0.15, 0.2) is 23.1 Å². The number of nitrogens with zero attached hydrogens (tertiary/aromatic N) is 1. The fourth-order valence-electron chi connectivity index (χ4n) is 2.75. The number of amides is 1. The number of carbonyl (C=O) groups is 1. The van der Waals surface area contributed by atoms with E-state index in [-0.39, 0.29) is 11.7 Å². The first kappa shape index (κ1) is 16.3. The van der Waals surface area contributed by atoms with Crippen molar-refractivity contribution >= 4 is 17.7 Å². The van der Waals surface area contributed by atoms with Crippen molar-refractivity contribution < 1.29 is 13.6 Å². The maximum absolute atomic E-state index is 13.1. The minimum Gasteiger partial charge on any atom is -0.339 e. The maximum atomic E-state index is 13.1. The van der Waals surface area contributed by atoms with Crippen LogP contribution in [0.4, 0.5) is 8.78 Å². The van der Waals surface area contributed by atoms with Gasteiger partial charge in [-0.15, -0.1) is 11.8 Å². The zero-order chi connectivity index (χ0) is 15.4. The second kappa shape index (κ2) is 7.25. The van der Waals surface area contributed by atoms with Crippen LogP contribution in [0, 0.1) is 17.6 Å². The van der Waals surface area contributed by atoms with Crippen LogP contribution in [0.2, 0.25) is 0 Å². The van der Waals surface area contributed by atoms with E-state index < -0.39 is 11.6 Å². The molecule has 0 N–H and O–H groups in total. The molecule has 21 heavy (non-hydrogen) atoms. The summed E-state index contributed by atoms with van der Waals surface area (Å²) in [4.78, 5) is 14.9. The molecule has 0 aliphatic carbocycles. The first-order chi connectivity index (χ1) is 9.99. The lowest BCUT2D eigenvalue weighted by Crippen LogP contribution is -2.47. The Hall–Kier alpha value is -1.10. The summed E-state index contributed by atoms with van der Waals surface area (Å²) in [6, 6.07) is 4.05. The van der Waals surface area contributed by atoms with Gasteiger partial charge in [0.05, 0.1) is 5.75 Å². The first-order valence-corrected chi connectivity index (χ1v) is 8.35. The van der Waals surface area contributed by atoms with Gasteiger partial charge >= 0.3 is 0 Å². The maximum Gasteiger partial charge on any atom is 0.233 e. The Morgan fingerprint density at radius 3 is 2.76 bits per heavy atom. The molecule has 116 valence electrons. The predicted molar refractivity (Wildman–Crippen MR) is 81.3 cm³/mol. The van der Waals surface area contributed by atoms with Crippen LogP contribution in [-0.4, -0.2) is 29.1 Å². The highest BCUT2D eigenvalue weighted by Crippen LogP contribution is 2.26. The number of halogens is 2. The molecule has 1 heterocycles. The first-order valence-electron chi connectivity index (χ1n) is 7.36. The summed E-state index contributed by atoms with van der Waals surface area (Å²) in [5.41, 5.74) is 0. The van der Waals surface area contributed by atoms with Crippen molar-refractivity contribution in [1.29, 1.82) is 0 Å². The lowest BCUT2D eigenvalue weighted by Gasteiger charge is -2.38. The Morgan fingerprint density at radius 1 is 1.33 bits per heavy atom. The molecule has 0 spiro atoms. The molecule has 1 unspecified atom stereocenters. The van der Waals surface area contributed by atoms with Crippen molar-refractivity contribution in [1.82, 2.24) is 4.90 Å². The number of hydrogen-bond donors (Lipinski definition) is 0. The van der Waals surface area contributed by atoms with E-state index in [0.29, 0.717) is 16.9 Å². The van der Waals surface area contributed by atoms with Gasteiger partial charge in [0.25, 0.3) is 0 Å². The summed E-state index contributed by atoms with van der Waals surface area (Å²) in [5.74, 6) is -0.924. The van der Waals surface area contributed by atoms with E-state index in [4.69, 9.17) is 0 Å². The quantitative estimate of drug-likeness (QED) is 0.780. The van der Waals surface area contributed by atoms with Crippen LogP contribution in [0.5, 0.6) is 0 Å². The molecule has 1 aromatic rings. The molecule has 0 saturated carbocycles. The lowest BCUT2D eigenvalue weighted by molar-refractivity contribution is -0.133. The number of hydrogen-bond acceptors (Lipinski definition) is 2. The van der Waals surface area contributed by atoms with Gasteiger partial charge in [-0.25, -0.2) is 8.78 Å². The van der Waals surface area contributed by atoms with Crippen LogP contribution in [0.3, 0.4) is 0 Å². The average Bonchev–Trinajstić information content (AvgIpc) is 2.48. The molecule has 0 radical (unpaired) electrons. The van der Waals surface area contributed by atoms with Crippen molar-refractivity contribution in [2.75, 3.05) is 12.3 Å². The molecule has 2 rings (SSSR count). The van der Waals surface area contributed by atoms with E-state index in [0.717, 1.165) is 31.5 Å². The predicted octanol–water partition coefficient (Wildman–Crippen LogP) is 4.09. The highest BCUT2D eigenvalue weighted by Gasteiger charge is 2.28. The smallest absolute Gasteiger partial charge is 0.233 e. The Balaban J connectivity index is 1.95. The van der Waals surface area contributed by atoms with Crippen LogP contribution in [0.1, 0.15) is 33.1 Å². The molecule has 0 bridgehead atoms. The van der Waals surface area contributed by atoms with Gasteiger partial charge in [-0.3, -0.25) is 4.79 Å². The van der Waals surface area contributed by atoms with E-state index in [1.807, 2.05) is 4.90 Å². The minimum absolute atomic E-state index is 0.0862. The van der Waals surface area contributed by atoms with E-state index in [1.54, 1.807) is 0 Å². The second-order valence-electron chi connectivity index (χ2n) is 5.76. The number of benzene rings is 1. The van der Waals surface area contributed by atoms with E-state index in [2.05, 4.69) is 13.8 Å². The Kier molecular flexibility index (Phi) is 5.62. The van der Waals surface area contributed by atoms with Gasteiger partial charge in [0, 0.05) is 17.5 Å². The third kappa shape index (κ3) is 4.19. The van der Waals surface area contributed by atoms with Gasteiger partial charge in [0.1, 0.15) is 0 Å². The van der Waals surface area contributed by atoms with Crippen molar-refractivity contribution in [2.24, 2.45) is 5.92 Å². The van der Waals surface area contributed by atoms with Gasteiger partial charge in [-0.2, -0.15) is 0 Å². The van der Waals surface area contributed by atoms with E-state index in [1.165, 1.54) is 24.2 Å². The van der Waals surface area contributed by atoms with Crippen molar-refractivity contribution in [2.45, 2.75) is 44.0 Å². The zero-order valence-electron chi connectivity index (χ0n) is 12.4. The van der Waals surface area contributed by atoms with Crippen molar-refractivity contribution in [3.63, 3.8) is 0 Å². The highest BCUT2D eigenvalue weighted by atomic mass is 32.2. The lowest BCUT2D eigenvalue weighted by atomic mass is 9.93. The third-order valence-electron chi connectivity index (χ3n) is 3.89. The SMILES string of the molecule is CC(C)C1CCCCN1C(=O)CSc1ccc(F)c(F)c1. The number of thioether (sulfide) groups is 1. The Labute approximate surface area is 128 Å². The molecule has 1 saturated heterocycles. The zero-order valence-corrected chi connectivity index (χ0v) is 13.3. The molecule has 1 atom stereocenters. The summed E-state index contributed by atoms with van der Waals surface area (Å²) in [5, 5.41) is 0. The van der Waals surface area contributed by atoms with Gasteiger partial charge in [-0.05, 0) is 43.4 Å². The molecule has 5 heteroatoms.